The summed E-state index contributed by atoms with van der Waals surface area (Å²) in [6, 6.07) is 8.17. The van der Waals surface area contributed by atoms with E-state index < -0.39 is 0 Å². The average Bonchev–Trinajstić information content (AvgIpc) is 3.34. The van der Waals surface area contributed by atoms with Crippen molar-refractivity contribution in [2.75, 3.05) is 13.1 Å². The first kappa shape index (κ1) is 18.0. The molecule has 2 amide bonds. The quantitative estimate of drug-likeness (QED) is 0.709. The molecule has 2 aromatic heterocycles. The van der Waals surface area contributed by atoms with E-state index in [1.165, 1.54) is 4.68 Å². The van der Waals surface area contributed by atoms with Crippen LogP contribution in [0.3, 0.4) is 0 Å². The van der Waals surface area contributed by atoms with Crippen molar-refractivity contribution in [2.24, 2.45) is 0 Å². The van der Waals surface area contributed by atoms with Crippen LogP contribution in [0.25, 0.3) is 10.8 Å². The number of aromatic amines is 1. The van der Waals surface area contributed by atoms with Gasteiger partial charge in [-0.1, -0.05) is 17.3 Å². The molecule has 0 bridgehead atoms. The summed E-state index contributed by atoms with van der Waals surface area (Å²) in [6.07, 6.45) is 1.72. The highest BCUT2D eigenvalue weighted by Gasteiger charge is 2.31. The smallest absolute Gasteiger partial charge is 0.318 e. The van der Waals surface area contributed by atoms with E-state index in [2.05, 4.69) is 15.6 Å². The summed E-state index contributed by atoms with van der Waals surface area (Å²) in [5.74, 6) is 0.710. The first-order chi connectivity index (χ1) is 13.5. The summed E-state index contributed by atoms with van der Waals surface area (Å²) >= 11 is 0. The zero-order valence-electron chi connectivity index (χ0n) is 15.5. The predicted molar refractivity (Wildman–Crippen MR) is 102 cm³/mol. The molecule has 0 radical (unpaired) electrons. The second-order valence-electron chi connectivity index (χ2n) is 6.89. The van der Waals surface area contributed by atoms with E-state index in [9.17, 15) is 14.4 Å². The van der Waals surface area contributed by atoms with Crippen molar-refractivity contribution in [1.82, 2.24) is 25.2 Å². The summed E-state index contributed by atoms with van der Waals surface area (Å²) in [7, 11) is 0. The minimum Gasteiger partial charge on any atom is -0.361 e. The van der Waals surface area contributed by atoms with Gasteiger partial charge in [0.05, 0.1) is 23.4 Å². The predicted octanol–water partition coefficient (Wildman–Crippen LogP) is 1.53. The number of carbonyl (C=O) groups excluding carboxylic acids is 1. The Morgan fingerprint density at radius 1 is 1.32 bits per heavy atom. The summed E-state index contributed by atoms with van der Waals surface area (Å²) < 4.78 is 6.35. The van der Waals surface area contributed by atoms with E-state index in [0.717, 1.165) is 18.5 Å². The lowest BCUT2D eigenvalue weighted by molar-refractivity contribution is 0.190. The van der Waals surface area contributed by atoms with Gasteiger partial charge in [0.15, 0.2) is 0 Å². The molecule has 0 aliphatic carbocycles. The van der Waals surface area contributed by atoms with Crippen LogP contribution in [0, 0.1) is 6.92 Å². The fourth-order valence-electron chi connectivity index (χ4n) is 3.64. The highest BCUT2D eigenvalue weighted by molar-refractivity contribution is 5.80. The molecule has 0 spiro atoms. The largest absolute Gasteiger partial charge is 0.361 e. The number of hydrogen-bond acceptors (Lipinski definition) is 5. The Morgan fingerprint density at radius 2 is 2.11 bits per heavy atom. The molecule has 4 rings (SSSR count). The van der Waals surface area contributed by atoms with Gasteiger partial charge in [-0.05, 0) is 31.9 Å². The van der Waals surface area contributed by atoms with Crippen LogP contribution in [-0.4, -0.2) is 39.0 Å². The van der Waals surface area contributed by atoms with Gasteiger partial charge in [0.25, 0.3) is 11.1 Å². The third kappa shape index (κ3) is 3.30. The molecule has 1 aliphatic heterocycles. The topological polar surface area (TPSA) is 113 Å². The second kappa shape index (κ2) is 7.34. The molecule has 1 aliphatic rings. The monoisotopic (exact) mass is 383 g/mol. The SMILES string of the molecule is Cc1cc([C@H]2CCCN2C(=O)NCCn2[nH]c(=O)c3ccccc3c2=O)no1. The maximum atomic E-state index is 12.6. The molecule has 146 valence electrons. The van der Waals surface area contributed by atoms with Crippen LogP contribution in [-0.2, 0) is 6.54 Å². The summed E-state index contributed by atoms with van der Waals surface area (Å²) in [5.41, 5.74) is 0.129. The number of rotatable bonds is 4. The normalized spacial score (nSPS) is 16.6. The lowest BCUT2D eigenvalue weighted by Gasteiger charge is -2.23. The first-order valence-electron chi connectivity index (χ1n) is 9.24. The third-order valence-corrected chi connectivity index (χ3v) is 5.00. The van der Waals surface area contributed by atoms with Gasteiger partial charge < -0.3 is 14.7 Å². The summed E-state index contributed by atoms with van der Waals surface area (Å²) in [5, 5.41) is 10.1. The number of fused-ring (bicyclic) bond motifs is 1. The van der Waals surface area contributed by atoms with Gasteiger partial charge in [-0.3, -0.25) is 14.7 Å². The van der Waals surface area contributed by atoms with Gasteiger partial charge in [0.2, 0.25) is 0 Å². The number of aryl methyl sites for hydroxylation is 1. The molecule has 9 heteroatoms. The van der Waals surface area contributed by atoms with Crippen LogP contribution in [0.5, 0.6) is 0 Å². The molecular weight excluding hydrogens is 362 g/mol. The van der Waals surface area contributed by atoms with Crippen LogP contribution in [0.2, 0.25) is 0 Å². The number of H-pyrrole nitrogens is 1. The molecule has 0 unspecified atom stereocenters. The number of carbonyl (C=O) groups is 1. The van der Waals surface area contributed by atoms with E-state index in [4.69, 9.17) is 4.52 Å². The van der Waals surface area contributed by atoms with Gasteiger partial charge in [0.1, 0.15) is 11.5 Å². The highest BCUT2D eigenvalue weighted by atomic mass is 16.5. The molecule has 3 heterocycles. The number of nitrogens with zero attached hydrogens (tertiary/aromatic N) is 3. The Hall–Kier alpha value is -3.36. The van der Waals surface area contributed by atoms with E-state index in [-0.39, 0.29) is 36.3 Å². The maximum absolute atomic E-state index is 12.6. The van der Waals surface area contributed by atoms with Crippen LogP contribution in [0.15, 0.2) is 44.4 Å². The number of likely N-dealkylation sites (tertiary alicyclic amines) is 1. The zero-order chi connectivity index (χ0) is 19.7. The summed E-state index contributed by atoms with van der Waals surface area (Å²) in [6.45, 7) is 2.84. The van der Waals surface area contributed by atoms with E-state index in [1.807, 2.05) is 13.0 Å². The molecule has 1 fully saturated rings. The molecule has 3 aromatic rings. The van der Waals surface area contributed by atoms with Crippen LogP contribution in [0.4, 0.5) is 4.79 Å². The number of benzene rings is 1. The molecule has 2 N–H and O–H groups in total. The van der Waals surface area contributed by atoms with Gasteiger partial charge in [-0.25, -0.2) is 9.48 Å². The van der Waals surface area contributed by atoms with Crippen LogP contribution < -0.4 is 16.4 Å². The standard InChI is InChI=1S/C19H21N5O4/c1-12-11-15(22-28-12)16-7-4-9-23(16)19(27)20-8-10-24-18(26)14-6-3-2-5-13(14)17(25)21-24/h2-3,5-6,11,16H,4,7-10H2,1H3,(H,20,27)(H,21,25)/t16-/m1/s1. The second-order valence-corrected chi connectivity index (χ2v) is 6.89. The Balaban J connectivity index is 1.43. The zero-order valence-corrected chi connectivity index (χ0v) is 15.5. The first-order valence-corrected chi connectivity index (χ1v) is 9.24. The molecule has 1 saturated heterocycles. The van der Waals surface area contributed by atoms with Crippen molar-refractivity contribution in [2.45, 2.75) is 32.4 Å². The van der Waals surface area contributed by atoms with Gasteiger partial charge in [-0.2, -0.15) is 0 Å². The van der Waals surface area contributed by atoms with Crippen molar-refractivity contribution in [1.29, 1.82) is 0 Å². The minimum atomic E-state index is -0.331. The maximum Gasteiger partial charge on any atom is 0.318 e. The minimum absolute atomic E-state index is 0.111. The lowest BCUT2D eigenvalue weighted by Crippen LogP contribution is -2.42. The van der Waals surface area contributed by atoms with E-state index in [1.54, 1.807) is 29.2 Å². The average molecular weight is 383 g/mol. The fourth-order valence-corrected chi connectivity index (χ4v) is 3.64. The van der Waals surface area contributed by atoms with Crippen molar-refractivity contribution < 1.29 is 9.32 Å². The molecule has 0 saturated carbocycles. The lowest BCUT2D eigenvalue weighted by atomic mass is 10.1. The highest BCUT2D eigenvalue weighted by Crippen LogP contribution is 2.31. The number of nitrogens with one attached hydrogen (secondary N) is 2. The Labute approximate surface area is 159 Å². The van der Waals surface area contributed by atoms with Crippen LogP contribution in [0.1, 0.15) is 30.3 Å². The van der Waals surface area contributed by atoms with Crippen molar-refractivity contribution in [3.05, 3.63) is 62.5 Å². The van der Waals surface area contributed by atoms with Crippen molar-refractivity contribution in [3.63, 3.8) is 0 Å². The number of urea groups is 1. The number of amides is 2. The summed E-state index contributed by atoms with van der Waals surface area (Å²) in [4.78, 5) is 38.9. The fraction of sp³-hybridized carbons (Fsp3) is 0.368. The molecule has 9 nitrogen and oxygen atoms in total. The number of hydrogen-bond donors (Lipinski definition) is 2. The van der Waals surface area contributed by atoms with E-state index in [0.29, 0.717) is 23.1 Å². The molecule has 1 atom stereocenters. The third-order valence-electron chi connectivity index (χ3n) is 5.00. The molecular formula is C19H21N5O4. The van der Waals surface area contributed by atoms with Crippen LogP contribution >= 0.6 is 0 Å². The molecule has 28 heavy (non-hydrogen) atoms. The van der Waals surface area contributed by atoms with Gasteiger partial charge in [0, 0.05) is 19.2 Å². The van der Waals surface area contributed by atoms with Crippen molar-refractivity contribution in [3.8, 4) is 0 Å². The van der Waals surface area contributed by atoms with Gasteiger partial charge >= 0.3 is 6.03 Å². The Bertz CT molecular complexity index is 1130. The van der Waals surface area contributed by atoms with Crippen molar-refractivity contribution >= 4 is 16.8 Å². The van der Waals surface area contributed by atoms with E-state index >= 15 is 0 Å². The van der Waals surface area contributed by atoms with Gasteiger partial charge in [-0.15, -0.1) is 0 Å². The number of aromatic nitrogens is 3. The molecule has 1 aromatic carbocycles. The Kier molecular flexibility index (Phi) is 4.72. The Morgan fingerprint density at radius 3 is 2.86 bits per heavy atom.